The summed E-state index contributed by atoms with van der Waals surface area (Å²) < 4.78 is 25.4. The monoisotopic (exact) mass is 213 g/mol. The number of carbonyl (C=O) groups is 1. The molecule has 1 aromatic carbocycles. The zero-order valence-electron chi connectivity index (χ0n) is 8.47. The molecule has 1 unspecified atom stereocenters. The Labute approximate surface area is 87.1 Å². The Kier molecular flexibility index (Phi) is 3.91. The maximum Gasteiger partial charge on any atom is 0.163 e. The smallest absolute Gasteiger partial charge is 0.163 e. The van der Waals surface area contributed by atoms with Crippen molar-refractivity contribution in [3.05, 3.63) is 35.4 Å². The van der Waals surface area contributed by atoms with Gasteiger partial charge in [0.05, 0.1) is 0 Å². The van der Waals surface area contributed by atoms with Gasteiger partial charge >= 0.3 is 0 Å². The number of hydrogen-bond acceptors (Lipinski definition) is 2. The maximum absolute atomic E-state index is 12.8. The van der Waals surface area contributed by atoms with Crippen LogP contribution >= 0.6 is 0 Å². The number of nitrogens with two attached hydrogens (primary N) is 1. The Morgan fingerprint density at radius 1 is 1.40 bits per heavy atom. The molecule has 0 aliphatic carbocycles. The van der Waals surface area contributed by atoms with E-state index in [2.05, 4.69) is 0 Å². The molecule has 0 radical (unpaired) electrons. The molecular formula is C11H13F2NO. The van der Waals surface area contributed by atoms with E-state index in [9.17, 15) is 13.6 Å². The summed E-state index contributed by atoms with van der Waals surface area (Å²) in [6.45, 7) is 1.79. The second kappa shape index (κ2) is 4.98. The zero-order valence-corrected chi connectivity index (χ0v) is 8.47. The molecule has 0 saturated heterocycles. The van der Waals surface area contributed by atoms with Crippen molar-refractivity contribution in [3.8, 4) is 0 Å². The average Bonchev–Trinajstić information content (AvgIpc) is 2.18. The quantitative estimate of drug-likeness (QED) is 0.779. The van der Waals surface area contributed by atoms with Crippen molar-refractivity contribution in [2.75, 3.05) is 0 Å². The first-order valence-corrected chi connectivity index (χ1v) is 4.74. The fourth-order valence-electron chi connectivity index (χ4n) is 1.17. The lowest BCUT2D eigenvalue weighted by Crippen LogP contribution is -2.16. The second-order valence-electron chi connectivity index (χ2n) is 3.57. The lowest BCUT2D eigenvalue weighted by Gasteiger charge is -2.04. The number of rotatable bonds is 4. The summed E-state index contributed by atoms with van der Waals surface area (Å²) in [6, 6.07) is 3.08. The van der Waals surface area contributed by atoms with Crippen molar-refractivity contribution in [1.82, 2.24) is 0 Å². The molecule has 0 aliphatic rings. The van der Waals surface area contributed by atoms with E-state index in [0.29, 0.717) is 6.42 Å². The molecule has 0 aliphatic heterocycles. The summed E-state index contributed by atoms with van der Waals surface area (Å²) in [5.41, 5.74) is 5.68. The number of hydrogen-bond donors (Lipinski definition) is 1. The van der Waals surface area contributed by atoms with Crippen molar-refractivity contribution in [2.24, 2.45) is 5.73 Å². The molecular weight excluding hydrogens is 200 g/mol. The van der Waals surface area contributed by atoms with E-state index in [1.54, 1.807) is 6.92 Å². The fourth-order valence-corrected chi connectivity index (χ4v) is 1.17. The lowest BCUT2D eigenvalue weighted by atomic mass is 10.0. The van der Waals surface area contributed by atoms with Gasteiger partial charge in [0.2, 0.25) is 0 Å². The highest BCUT2D eigenvalue weighted by Crippen LogP contribution is 2.11. The fraction of sp³-hybridized carbons (Fsp3) is 0.364. The van der Waals surface area contributed by atoms with Crippen molar-refractivity contribution >= 4 is 5.78 Å². The molecule has 0 heterocycles. The van der Waals surface area contributed by atoms with Crippen LogP contribution in [0.15, 0.2) is 18.2 Å². The van der Waals surface area contributed by atoms with E-state index in [1.165, 1.54) is 6.07 Å². The van der Waals surface area contributed by atoms with Gasteiger partial charge in [-0.1, -0.05) is 0 Å². The minimum Gasteiger partial charge on any atom is -0.328 e. The minimum atomic E-state index is -0.998. The van der Waals surface area contributed by atoms with Gasteiger partial charge in [0.15, 0.2) is 17.4 Å². The molecule has 15 heavy (non-hydrogen) atoms. The second-order valence-corrected chi connectivity index (χ2v) is 3.57. The molecule has 0 bridgehead atoms. The Hall–Kier alpha value is -1.29. The predicted molar refractivity (Wildman–Crippen MR) is 53.6 cm³/mol. The van der Waals surface area contributed by atoms with Gasteiger partial charge in [0.25, 0.3) is 0 Å². The van der Waals surface area contributed by atoms with Crippen LogP contribution in [0.25, 0.3) is 0 Å². The summed E-state index contributed by atoms with van der Waals surface area (Å²) in [5.74, 6) is -2.16. The number of Topliss-reactive ketones (excluding diaryl/α,β-unsaturated/α-hetero) is 1. The summed E-state index contributed by atoms with van der Waals surface area (Å²) in [5, 5.41) is 0. The van der Waals surface area contributed by atoms with E-state index in [0.717, 1.165) is 12.1 Å². The summed E-state index contributed by atoms with van der Waals surface area (Å²) >= 11 is 0. The predicted octanol–water partition coefficient (Wildman–Crippen LogP) is 2.27. The third kappa shape index (κ3) is 3.40. The molecule has 82 valence electrons. The first-order chi connectivity index (χ1) is 7.00. The third-order valence-electron chi connectivity index (χ3n) is 2.07. The van der Waals surface area contributed by atoms with Gasteiger partial charge in [-0.3, -0.25) is 4.79 Å². The van der Waals surface area contributed by atoms with Crippen molar-refractivity contribution < 1.29 is 13.6 Å². The van der Waals surface area contributed by atoms with Crippen LogP contribution in [-0.2, 0) is 0 Å². The van der Waals surface area contributed by atoms with Crippen LogP contribution in [-0.4, -0.2) is 11.8 Å². The molecule has 0 amide bonds. The summed E-state index contributed by atoms with van der Waals surface area (Å²) in [6.07, 6.45) is 0.792. The van der Waals surface area contributed by atoms with Crippen molar-refractivity contribution in [3.63, 3.8) is 0 Å². The van der Waals surface area contributed by atoms with Gasteiger partial charge in [-0.2, -0.15) is 0 Å². The molecule has 0 aromatic heterocycles. The number of carbonyl (C=O) groups excluding carboxylic acids is 1. The number of ketones is 1. The number of halogens is 2. The van der Waals surface area contributed by atoms with Crippen LogP contribution in [0.4, 0.5) is 8.78 Å². The average molecular weight is 213 g/mol. The van der Waals surface area contributed by atoms with E-state index < -0.39 is 11.6 Å². The van der Waals surface area contributed by atoms with Gasteiger partial charge in [0, 0.05) is 18.0 Å². The van der Waals surface area contributed by atoms with E-state index >= 15 is 0 Å². The molecule has 2 nitrogen and oxygen atoms in total. The standard InChI is InChI=1S/C11H13F2NO/c1-7(14)2-5-11(15)8-3-4-9(12)10(13)6-8/h3-4,6-7H,2,5,14H2,1H3. The molecule has 1 rings (SSSR count). The highest BCUT2D eigenvalue weighted by Gasteiger charge is 2.10. The molecule has 0 spiro atoms. The first-order valence-electron chi connectivity index (χ1n) is 4.74. The Morgan fingerprint density at radius 2 is 2.07 bits per heavy atom. The molecule has 1 aromatic rings. The van der Waals surface area contributed by atoms with Crippen LogP contribution in [0, 0.1) is 11.6 Å². The topological polar surface area (TPSA) is 43.1 Å². The van der Waals surface area contributed by atoms with Crippen LogP contribution in [0.3, 0.4) is 0 Å². The highest BCUT2D eigenvalue weighted by molar-refractivity contribution is 5.96. The summed E-state index contributed by atoms with van der Waals surface area (Å²) in [4.78, 5) is 11.5. The lowest BCUT2D eigenvalue weighted by molar-refractivity contribution is 0.0977. The molecule has 0 saturated carbocycles. The minimum absolute atomic E-state index is 0.0701. The van der Waals surface area contributed by atoms with Gasteiger partial charge < -0.3 is 5.73 Å². The van der Waals surface area contributed by atoms with E-state index in [-0.39, 0.29) is 23.8 Å². The van der Waals surface area contributed by atoms with Crippen LogP contribution in [0.1, 0.15) is 30.1 Å². The summed E-state index contributed by atoms with van der Waals surface area (Å²) in [7, 11) is 0. The van der Waals surface area contributed by atoms with Gasteiger partial charge in [-0.15, -0.1) is 0 Å². The molecule has 4 heteroatoms. The third-order valence-corrected chi connectivity index (χ3v) is 2.07. The SMILES string of the molecule is CC(N)CCC(=O)c1ccc(F)c(F)c1. The number of benzene rings is 1. The molecule has 1 atom stereocenters. The largest absolute Gasteiger partial charge is 0.328 e. The van der Waals surface area contributed by atoms with Crippen LogP contribution in [0.5, 0.6) is 0 Å². The van der Waals surface area contributed by atoms with Crippen molar-refractivity contribution in [2.45, 2.75) is 25.8 Å². The van der Waals surface area contributed by atoms with Crippen LogP contribution in [0.2, 0.25) is 0 Å². The first kappa shape index (κ1) is 11.8. The maximum atomic E-state index is 12.8. The van der Waals surface area contributed by atoms with Crippen molar-refractivity contribution in [1.29, 1.82) is 0 Å². The highest BCUT2D eigenvalue weighted by atomic mass is 19.2. The Morgan fingerprint density at radius 3 is 2.60 bits per heavy atom. The van der Waals surface area contributed by atoms with Gasteiger partial charge in [0.1, 0.15) is 0 Å². The van der Waals surface area contributed by atoms with Gasteiger partial charge in [-0.05, 0) is 31.5 Å². The van der Waals surface area contributed by atoms with E-state index in [4.69, 9.17) is 5.73 Å². The van der Waals surface area contributed by atoms with Crippen LogP contribution < -0.4 is 5.73 Å². The van der Waals surface area contributed by atoms with E-state index in [1.807, 2.05) is 0 Å². The molecule has 2 N–H and O–H groups in total. The Balaban J connectivity index is 2.70. The van der Waals surface area contributed by atoms with Gasteiger partial charge in [-0.25, -0.2) is 8.78 Å². The molecule has 0 fully saturated rings. The Bertz CT molecular complexity index is 364. The zero-order chi connectivity index (χ0) is 11.4. The normalized spacial score (nSPS) is 12.5.